The Balaban J connectivity index is 2.21. The fourth-order valence-electron chi connectivity index (χ4n) is 2.24. The van der Waals surface area contributed by atoms with Crippen molar-refractivity contribution in [3.8, 4) is 0 Å². The van der Waals surface area contributed by atoms with Gasteiger partial charge in [-0.15, -0.1) is 6.58 Å². The number of carbonyl (C=O) groups excluding carboxylic acids is 1. The Kier molecular flexibility index (Phi) is 4.04. The number of nitrogens with zero attached hydrogens (tertiary/aromatic N) is 2. The topological polar surface area (TPSA) is 23.6 Å². The summed E-state index contributed by atoms with van der Waals surface area (Å²) < 4.78 is 0. The SMILES string of the molecule is C=CCN1CCN(c2ccccc2Cl)C(=O)C1C. The first-order chi connectivity index (χ1) is 8.65. The molecule has 1 amide bonds. The second-order valence-electron chi connectivity index (χ2n) is 4.40. The Labute approximate surface area is 113 Å². The Morgan fingerprint density at radius 2 is 2.17 bits per heavy atom. The van der Waals surface area contributed by atoms with E-state index < -0.39 is 0 Å². The molecule has 0 aromatic heterocycles. The highest BCUT2D eigenvalue weighted by Crippen LogP contribution is 2.27. The van der Waals surface area contributed by atoms with E-state index in [1.165, 1.54) is 0 Å². The molecule has 1 saturated heterocycles. The number of rotatable bonds is 3. The van der Waals surface area contributed by atoms with Crippen molar-refractivity contribution in [3.63, 3.8) is 0 Å². The van der Waals surface area contributed by atoms with Crippen LogP contribution in [0, 0.1) is 0 Å². The van der Waals surface area contributed by atoms with Crippen molar-refractivity contribution in [1.82, 2.24) is 4.90 Å². The van der Waals surface area contributed by atoms with E-state index in [0.717, 1.165) is 18.8 Å². The molecule has 1 fully saturated rings. The van der Waals surface area contributed by atoms with E-state index in [9.17, 15) is 4.79 Å². The maximum atomic E-state index is 12.4. The maximum absolute atomic E-state index is 12.4. The summed E-state index contributed by atoms with van der Waals surface area (Å²) in [4.78, 5) is 16.2. The quantitative estimate of drug-likeness (QED) is 0.784. The van der Waals surface area contributed by atoms with Crippen LogP contribution in [0.2, 0.25) is 5.02 Å². The second kappa shape index (κ2) is 5.55. The number of halogens is 1. The summed E-state index contributed by atoms with van der Waals surface area (Å²) in [5, 5.41) is 0.621. The molecule has 1 aliphatic rings. The molecular weight excluding hydrogens is 248 g/mol. The Morgan fingerprint density at radius 1 is 1.44 bits per heavy atom. The molecule has 1 unspecified atom stereocenters. The number of benzene rings is 1. The van der Waals surface area contributed by atoms with Crippen LogP contribution >= 0.6 is 11.6 Å². The minimum Gasteiger partial charge on any atom is -0.308 e. The fourth-order valence-corrected chi connectivity index (χ4v) is 2.48. The number of hydrogen-bond acceptors (Lipinski definition) is 2. The van der Waals surface area contributed by atoms with Gasteiger partial charge in [-0.3, -0.25) is 9.69 Å². The van der Waals surface area contributed by atoms with E-state index in [1.54, 1.807) is 4.90 Å². The monoisotopic (exact) mass is 264 g/mol. The highest BCUT2D eigenvalue weighted by molar-refractivity contribution is 6.33. The minimum atomic E-state index is -0.131. The van der Waals surface area contributed by atoms with E-state index in [4.69, 9.17) is 11.6 Å². The second-order valence-corrected chi connectivity index (χ2v) is 4.81. The Hall–Kier alpha value is -1.32. The van der Waals surface area contributed by atoms with Gasteiger partial charge in [0.15, 0.2) is 0 Å². The van der Waals surface area contributed by atoms with Gasteiger partial charge in [0.2, 0.25) is 5.91 Å². The summed E-state index contributed by atoms with van der Waals surface area (Å²) in [5.41, 5.74) is 0.800. The van der Waals surface area contributed by atoms with Gasteiger partial charge in [-0.1, -0.05) is 29.8 Å². The van der Waals surface area contributed by atoms with Crippen molar-refractivity contribution in [3.05, 3.63) is 41.9 Å². The Bertz CT molecular complexity index is 461. The van der Waals surface area contributed by atoms with Crippen LogP contribution in [-0.2, 0) is 4.79 Å². The van der Waals surface area contributed by atoms with E-state index >= 15 is 0 Å². The van der Waals surface area contributed by atoms with Crippen LogP contribution in [0.1, 0.15) is 6.92 Å². The first-order valence-corrected chi connectivity index (χ1v) is 6.44. The van der Waals surface area contributed by atoms with Gasteiger partial charge in [0.05, 0.1) is 16.8 Å². The van der Waals surface area contributed by atoms with Crippen LogP contribution in [0.4, 0.5) is 5.69 Å². The molecule has 0 radical (unpaired) electrons. The third kappa shape index (κ3) is 2.42. The highest BCUT2D eigenvalue weighted by Gasteiger charge is 2.32. The molecule has 0 saturated carbocycles. The number of para-hydroxylation sites is 1. The zero-order valence-electron chi connectivity index (χ0n) is 10.5. The van der Waals surface area contributed by atoms with Crippen molar-refractivity contribution in [2.75, 3.05) is 24.5 Å². The molecular formula is C14H17ClN2O. The molecule has 0 spiro atoms. The number of anilines is 1. The van der Waals surface area contributed by atoms with Gasteiger partial charge >= 0.3 is 0 Å². The molecule has 1 aromatic rings. The lowest BCUT2D eigenvalue weighted by molar-refractivity contribution is -0.124. The predicted octanol–water partition coefficient (Wildman–Crippen LogP) is 2.56. The van der Waals surface area contributed by atoms with Gasteiger partial charge < -0.3 is 4.90 Å². The molecule has 1 atom stereocenters. The standard InChI is InChI=1S/C14H17ClN2O/c1-3-8-16-9-10-17(14(18)11(16)2)13-7-5-4-6-12(13)15/h3-7,11H,1,8-10H2,2H3. The maximum Gasteiger partial charge on any atom is 0.244 e. The van der Waals surface area contributed by atoms with Gasteiger partial charge in [0.1, 0.15) is 0 Å². The number of carbonyl (C=O) groups is 1. The van der Waals surface area contributed by atoms with E-state index in [-0.39, 0.29) is 11.9 Å². The summed E-state index contributed by atoms with van der Waals surface area (Å²) in [6.07, 6.45) is 1.83. The van der Waals surface area contributed by atoms with Crippen molar-refractivity contribution in [2.45, 2.75) is 13.0 Å². The van der Waals surface area contributed by atoms with Crippen LogP contribution in [0.5, 0.6) is 0 Å². The normalized spacial score (nSPS) is 21.1. The van der Waals surface area contributed by atoms with Gasteiger partial charge in [0.25, 0.3) is 0 Å². The molecule has 0 bridgehead atoms. The number of piperazine rings is 1. The fraction of sp³-hybridized carbons (Fsp3) is 0.357. The molecule has 1 aliphatic heterocycles. The van der Waals surface area contributed by atoms with Crippen LogP contribution in [-0.4, -0.2) is 36.5 Å². The predicted molar refractivity (Wildman–Crippen MR) is 75.0 cm³/mol. The first-order valence-electron chi connectivity index (χ1n) is 6.06. The van der Waals surface area contributed by atoms with Crippen molar-refractivity contribution in [1.29, 1.82) is 0 Å². The van der Waals surface area contributed by atoms with Gasteiger partial charge in [-0.05, 0) is 19.1 Å². The smallest absolute Gasteiger partial charge is 0.244 e. The highest BCUT2D eigenvalue weighted by atomic mass is 35.5. The lowest BCUT2D eigenvalue weighted by atomic mass is 10.1. The molecule has 2 rings (SSSR count). The molecule has 1 aromatic carbocycles. The molecule has 0 N–H and O–H groups in total. The molecule has 96 valence electrons. The lowest BCUT2D eigenvalue weighted by Crippen LogP contribution is -2.56. The van der Waals surface area contributed by atoms with E-state index in [0.29, 0.717) is 11.6 Å². The van der Waals surface area contributed by atoms with Crippen molar-refractivity contribution >= 4 is 23.2 Å². The van der Waals surface area contributed by atoms with Crippen LogP contribution in [0.25, 0.3) is 0 Å². The zero-order chi connectivity index (χ0) is 13.1. The summed E-state index contributed by atoms with van der Waals surface area (Å²) in [6, 6.07) is 7.33. The summed E-state index contributed by atoms with van der Waals surface area (Å²) >= 11 is 6.14. The van der Waals surface area contributed by atoms with Crippen molar-refractivity contribution in [2.24, 2.45) is 0 Å². The van der Waals surface area contributed by atoms with Crippen LogP contribution < -0.4 is 4.90 Å². The molecule has 0 aliphatic carbocycles. The summed E-state index contributed by atoms with van der Waals surface area (Å²) in [7, 11) is 0. The summed E-state index contributed by atoms with van der Waals surface area (Å²) in [6.45, 7) is 7.89. The minimum absolute atomic E-state index is 0.0937. The zero-order valence-corrected chi connectivity index (χ0v) is 11.2. The lowest BCUT2D eigenvalue weighted by Gasteiger charge is -2.38. The first kappa shape index (κ1) is 13.1. The number of amides is 1. The van der Waals surface area contributed by atoms with Gasteiger partial charge in [-0.2, -0.15) is 0 Å². The third-order valence-electron chi connectivity index (χ3n) is 3.29. The van der Waals surface area contributed by atoms with E-state index in [1.807, 2.05) is 37.3 Å². The molecule has 3 nitrogen and oxygen atoms in total. The van der Waals surface area contributed by atoms with Crippen LogP contribution in [0.3, 0.4) is 0 Å². The summed E-state index contributed by atoms with van der Waals surface area (Å²) in [5.74, 6) is 0.0937. The molecule has 18 heavy (non-hydrogen) atoms. The Morgan fingerprint density at radius 3 is 2.83 bits per heavy atom. The van der Waals surface area contributed by atoms with Gasteiger partial charge in [-0.25, -0.2) is 0 Å². The molecule has 1 heterocycles. The average molecular weight is 265 g/mol. The number of hydrogen-bond donors (Lipinski definition) is 0. The average Bonchev–Trinajstić information content (AvgIpc) is 2.37. The van der Waals surface area contributed by atoms with E-state index in [2.05, 4.69) is 11.5 Å². The molecule has 4 heteroatoms. The van der Waals surface area contributed by atoms with Crippen molar-refractivity contribution < 1.29 is 4.79 Å². The van der Waals surface area contributed by atoms with Crippen LogP contribution in [0.15, 0.2) is 36.9 Å². The largest absolute Gasteiger partial charge is 0.308 e. The third-order valence-corrected chi connectivity index (χ3v) is 3.61. The van der Waals surface area contributed by atoms with Gasteiger partial charge in [0, 0.05) is 19.6 Å².